The van der Waals surface area contributed by atoms with Gasteiger partial charge in [-0.05, 0) is 13.8 Å². The van der Waals surface area contributed by atoms with Crippen LogP contribution in [0.5, 0.6) is 11.5 Å². The van der Waals surface area contributed by atoms with Crippen LogP contribution in [0, 0.1) is 47.6 Å². The van der Waals surface area contributed by atoms with Crippen LogP contribution in [0.2, 0.25) is 0 Å². The summed E-state index contributed by atoms with van der Waals surface area (Å²) >= 11 is 0. The first-order valence-electron chi connectivity index (χ1n) is 11.1. The number of hydrogen-bond acceptors (Lipinski definition) is 2. The number of rotatable bonds is 6. The van der Waals surface area contributed by atoms with Crippen LogP contribution in [0.4, 0.5) is 17.6 Å². The van der Waals surface area contributed by atoms with Gasteiger partial charge in [0.05, 0.1) is 24.8 Å². The van der Waals surface area contributed by atoms with E-state index in [1.807, 2.05) is 50.3 Å². The molecule has 4 rings (SSSR count). The van der Waals surface area contributed by atoms with Crippen molar-refractivity contribution in [2.45, 2.75) is 26.7 Å². The normalized spacial score (nSPS) is 12.3. The molecule has 0 aliphatic heterocycles. The van der Waals surface area contributed by atoms with Gasteiger partial charge in [0.25, 0.3) is 0 Å². The summed E-state index contributed by atoms with van der Waals surface area (Å²) in [6.07, 6.45) is 27.0. The molecule has 0 bridgehead atoms. The fraction of sp³-hybridized carbons (Fsp3) is 0.200. The molecule has 0 amide bonds. The Bertz CT molecular complexity index is 968. The predicted octanol–water partition coefficient (Wildman–Crippen LogP) is 8.05. The van der Waals surface area contributed by atoms with E-state index in [0.29, 0.717) is 0 Å². The molecule has 0 radical (unpaired) electrons. The molecule has 37 heavy (non-hydrogen) atoms. The summed E-state index contributed by atoms with van der Waals surface area (Å²) < 4.78 is 60.4. The van der Waals surface area contributed by atoms with Crippen LogP contribution >= 0.6 is 0 Å². The van der Waals surface area contributed by atoms with Gasteiger partial charge >= 0.3 is 21.7 Å². The van der Waals surface area contributed by atoms with E-state index in [1.165, 1.54) is 12.1 Å². The molecule has 0 heterocycles. The Morgan fingerprint density at radius 1 is 0.703 bits per heavy atom. The largest absolute Gasteiger partial charge is 4.00 e. The van der Waals surface area contributed by atoms with Crippen LogP contribution in [-0.2, 0) is 21.7 Å². The summed E-state index contributed by atoms with van der Waals surface area (Å²) in [7, 11) is 0. The number of hydrogen-bond donors (Lipinski definition) is 0. The molecule has 2 aromatic rings. The number of ether oxygens (including phenoxy) is 2. The molecule has 0 N–H and O–H groups in total. The molecule has 2 nitrogen and oxygen atoms in total. The molecule has 7 heteroatoms. The zero-order chi connectivity index (χ0) is 26.4. The van der Waals surface area contributed by atoms with Crippen molar-refractivity contribution in [1.29, 1.82) is 0 Å². The first kappa shape index (κ1) is 33.9. The minimum absolute atomic E-state index is 0. The van der Waals surface area contributed by atoms with Gasteiger partial charge in [0.15, 0.2) is 0 Å². The van der Waals surface area contributed by atoms with E-state index in [4.69, 9.17) is 9.47 Å². The third-order valence-corrected chi connectivity index (χ3v) is 3.97. The van der Waals surface area contributed by atoms with E-state index in [1.54, 1.807) is 24.3 Å². The fourth-order valence-electron chi connectivity index (χ4n) is 2.23. The SMILES string of the molecule is C/C=C/COc1ccc(F)[c-]c1F.C/C=C/COc1ccc(F)[c-]c1F.[C-]1=CC=CC1.[C-]1=CC=CC1.[Ti+4]. The second-order valence-electron chi connectivity index (χ2n) is 6.74. The van der Waals surface area contributed by atoms with Crippen LogP contribution in [0.15, 0.2) is 85.0 Å². The summed E-state index contributed by atoms with van der Waals surface area (Å²) in [5.74, 6) is -3.03. The predicted molar refractivity (Wildman–Crippen MR) is 134 cm³/mol. The standard InChI is InChI=1S/2C10H9F2O.2C5H5.Ti/c2*1-2-3-6-13-10-5-4-8(11)7-9(10)12;2*1-2-4-5-3-1;/h2*2-5H,6H2,1H3;2*1-3H,4H2;/q4*-1;+4/b2*3-2+;;;. The molecule has 0 saturated carbocycles. The van der Waals surface area contributed by atoms with Gasteiger partial charge < -0.3 is 9.47 Å². The summed E-state index contributed by atoms with van der Waals surface area (Å²) in [5.41, 5.74) is 0. The van der Waals surface area contributed by atoms with E-state index in [2.05, 4.69) is 24.3 Å². The Labute approximate surface area is 232 Å². The first-order valence-corrected chi connectivity index (χ1v) is 11.1. The van der Waals surface area contributed by atoms with Crippen LogP contribution in [0.1, 0.15) is 26.7 Å². The van der Waals surface area contributed by atoms with Gasteiger partial charge in [-0.15, -0.1) is 49.2 Å². The van der Waals surface area contributed by atoms with Gasteiger partial charge in [-0.1, -0.05) is 24.3 Å². The van der Waals surface area contributed by atoms with Crippen molar-refractivity contribution in [2.75, 3.05) is 13.2 Å². The number of benzene rings is 2. The molecule has 0 atom stereocenters. The molecule has 192 valence electrons. The van der Waals surface area contributed by atoms with Gasteiger partial charge in [0, 0.05) is 23.1 Å². The minimum atomic E-state index is -0.801. The van der Waals surface area contributed by atoms with Gasteiger partial charge in [-0.2, -0.15) is 12.2 Å². The summed E-state index contributed by atoms with van der Waals surface area (Å²) in [6.45, 7) is 4.20. The average molecular weight is 544 g/mol. The second-order valence-corrected chi connectivity index (χ2v) is 6.74. The summed E-state index contributed by atoms with van der Waals surface area (Å²) in [4.78, 5) is 0. The van der Waals surface area contributed by atoms with Crippen LogP contribution < -0.4 is 9.47 Å². The summed E-state index contributed by atoms with van der Waals surface area (Å²) in [6, 6.07) is 8.46. The molecule has 0 aromatic heterocycles. The zero-order valence-electron chi connectivity index (χ0n) is 20.7. The van der Waals surface area contributed by atoms with Crippen molar-refractivity contribution in [3.05, 3.63) is 133 Å². The smallest absolute Gasteiger partial charge is 0.544 e. The molecule has 0 fully saturated rings. The maximum atomic E-state index is 12.8. The number of allylic oxidation sites excluding steroid dienone is 10. The third kappa shape index (κ3) is 17.1. The zero-order valence-corrected chi connectivity index (χ0v) is 22.3. The quantitative estimate of drug-likeness (QED) is 0.159. The fourth-order valence-corrected chi connectivity index (χ4v) is 2.23. The van der Waals surface area contributed by atoms with E-state index >= 15 is 0 Å². The van der Waals surface area contributed by atoms with Gasteiger partial charge in [0.1, 0.15) is 0 Å². The van der Waals surface area contributed by atoms with Gasteiger partial charge in [-0.3, -0.25) is 12.2 Å². The van der Waals surface area contributed by atoms with E-state index in [9.17, 15) is 17.6 Å². The van der Waals surface area contributed by atoms with E-state index in [0.717, 1.165) is 25.0 Å². The van der Waals surface area contributed by atoms with E-state index < -0.39 is 23.3 Å². The van der Waals surface area contributed by atoms with Crippen LogP contribution in [-0.4, -0.2) is 13.2 Å². The van der Waals surface area contributed by atoms with Crippen molar-refractivity contribution in [3.8, 4) is 11.5 Å². The van der Waals surface area contributed by atoms with E-state index in [-0.39, 0.29) is 46.4 Å². The molecule has 2 aliphatic carbocycles. The topological polar surface area (TPSA) is 18.5 Å². The Hall–Kier alpha value is -3.09. The van der Waals surface area contributed by atoms with Crippen molar-refractivity contribution in [1.82, 2.24) is 0 Å². The molecule has 0 saturated heterocycles. The second kappa shape index (κ2) is 22.1. The molecule has 2 aliphatic rings. The van der Waals surface area contributed by atoms with Crippen LogP contribution in [0.3, 0.4) is 0 Å². The van der Waals surface area contributed by atoms with Gasteiger partial charge in [0.2, 0.25) is 0 Å². The first-order chi connectivity index (χ1) is 17.5. The third-order valence-electron chi connectivity index (χ3n) is 3.97. The Morgan fingerprint density at radius 3 is 1.35 bits per heavy atom. The molecule has 0 unspecified atom stereocenters. The van der Waals surface area contributed by atoms with Crippen molar-refractivity contribution >= 4 is 0 Å². The van der Waals surface area contributed by atoms with Crippen molar-refractivity contribution in [3.63, 3.8) is 0 Å². The molecular formula is C30H28F4O2Ti. The van der Waals surface area contributed by atoms with Gasteiger partial charge in [-0.25, -0.2) is 41.9 Å². The summed E-state index contributed by atoms with van der Waals surface area (Å²) in [5, 5.41) is 0. The maximum Gasteiger partial charge on any atom is 4.00 e. The van der Waals surface area contributed by atoms with Crippen molar-refractivity contribution in [2.24, 2.45) is 0 Å². The Balaban J connectivity index is 0.000000502. The van der Waals surface area contributed by atoms with Crippen molar-refractivity contribution < 1.29 is 48.8 Å². The average Bonchev–Trinajstić information content (AvgIpc) is 3.62. The molecular weight excluding hydrogens is 516 g/mol. The molecule has 0 spiro atoms. The number of halogens is 4. The monoisotopic (exact) mass is 544 g/mol. The minimum Gasteiger partial charge on any atom is -0.544 e. The maximum absolute atomic E-state index is 12.8. The van der Waals surface area contributed by atoms with Crippen LogP contribution in [0.25, 0.3) is 0 Å². The Kier molecular flexibility index (Phi) is 20.3. The molecule has 2 aromatic carbocycles. The Morgan fingerprint density at radius 2 is 1.11 bits per heavy atom.